The minimum Gasteiger partial charge on any atom is -0.370 e. The van der Waals surface area contributed by atoms with Crippen LogP contribution in [-0.4, -0.2) is 78.4 Å². The second-order valence-electron chi connectivity index (χ2n) is 12.0. The summed E-state index contributed by atoms with van der Waals surface area (Å²) in [6, 6.07) is 11.4. The van der Waals surface area contributed by atoms with E-state index in [1.807, 2.05) is 18.3 Å². The van der Waals surface area contributed by atoms with E-state index >= 15 is 0 Å². The minimum absolute atomic E-state index is 0.0259. The Morgan fingerprint density at radius 2 is 2.00 bits per heavy atom. The van der Waals surface area contributed by atoms with Gasteiger partial charge in [0.2, 0.25) is 5.56 Å². The maximum absolute atomic E-state index is 11.9. The number of benzene rings is 1. The summed E-state index contributed by atoms with van der Waals surface area (Å²) in [6.07, 6.45) is 2.08. The quantitative estimate of drug-likeness (QED) is 0.521. The second kappa shape index (κ2) is 8.76. The Morgan fingerprint density at radius 3 is 2.77 bits per heavy atom. The van der Waals surface area contributed by atoms with Gasteiger partial charge in [0.1, 0.15) is 17.5 Å². The van der Waals surface area contributed by atoms with Crippen molar-refractivity contribution < 1.29 is 9.47 Å². The Hall–Kier alpha value is -3.49. The van der Waals surface area contributed by atoms with Crippen LogP contribution in [0, 0.1) is 11.3 Å². The summed E-state index contributed by atoms with van der Waals surface area (Å²) < 4.78 is 12.7. The first-order valence-corrected chi connectivity index (χ1v) is 13.6. The van der Waals surface area contributed by atoms with Gasteiger partial charge in [0.25, 0.3) is 0 Å². The predicted molar refractivity (Wildman–Crippen MR) is 148 cm³/mol. The molecule has 202 valence electrons. The molecule has 3 saturated heterocycles. The van der Waals surface area contributed by atoms with Crippen molar-refractivity contribution in [1.82, 2.24) is 14.9 Å². The van der Waals surface area contributed by atoms with E-state index < -0.39 is 0 Å². The molecule has 0 saturated carbocycles. The molecule has 7 rings (SSSR count). The zero-order valence-corrected chi connectivity index (χ0v) is 22.3. The van der Waals surface area contributed by atoms with Crippen LogP contribution in [0.1, 0.15) is 30.5 Å². The van der Waals surface area contributed by atoms with Gasteiger partial charge in [-0.05, 0) is 43.7 Å². The van der Waals surface area contributed by atoms with E-state index in [0.717, 1.165) is 62.7 Å². The van der Waals surface area contributed by atoms with Gasteiger partial charge in [0.05, 0.1) is 29.9 Å². The minimum atomic E-state index is -0.284. The molecule has 4 aliphatic rings. The Morgan fingerprint density at radius 1 is 1.18 bits per heavy atom. The van der Waals surface area contributed by atoms with Crippen molar-refractivity contribution in [2.45, 2.75) is 43.8 Å². The highest BCUT2D eigenvalue weighted by atomic mass is 16.5. The normalized spacial score (nSPS) is 25.3. The fraction of sp³-hybridized carbons (Fsp3) is 0.483. The molecule has 0 amide bonds. The van der Waals surface area contributed by atoms with E-state index in [-0.39, 0.29) is 28.9 Å². The molecule has 2 atom stereocenters. The molecular weight excluding hydrogens is 494 g/mol. The third kappa shape index (κ3) is 4.17. The van der Waals surface area contributed by atoms with Crippen LogP contribution in [-0.2, 0) is 21.7 Å². The third-order valence-corrected chi connectivity index (χ3v) is 8.48. The van der Waals surface area contributed by atoms with Crippen molar-refractivity contribution in [3.05, 3.63) is 63.6 Å². The zero-order valence-electron chi connectivity index (χ0n) is 22.3. The van der Waals surface area contributed by atoms with Gasteiger partial charge < -0.3 is 30.0 Å². The van der Waals surface area contributed by atoms with Gasteiger partial charge >= 0.3 is 0 Å². The van der Waals surface area contributed by atoms with E-state index in [1.54, 1.807) is 6.07 Å². The van der Waals surface area contributed by atoms with Crippen molar-refractivity contribution >= 4 is 22.4 Å². The van der Waals surface area contributed by atoms with Crippen LogP contribution >= 0.6 is 0 Å². The number of fused-ring (bicyclic) bond motifs is 3. The second-order valence-corrected chi connectivity index (χ2v) is 12.0. The number of likely N-dealkylation sites (tertiary alicyclic amines) is 1. The van der Waals surface area contributed by atoms with Crippen LogP contribution in [0.3, 0.4) is 0 Å². The maximum atomic E-state index is 11.9. The van der Waals surface area contributed by atoms with Gasteiger partial charge in [-0.1, -0.05) is 0 Å². The van der Waals surface area contributed by atoms with E-state index in [4.69, 9.17) is 20.2 Å². The number of pyridine rings is 2. The number of nitrogens with two attached hydrogens (primary N) is 1. The maximum Gasteiger partial charge on any atom is 0.248 e. The van der Waals surface area contributed by atoms with E-state index in [2.05, 4.69) is 45.7 Å². The van der Waals surface area contributed by atoms with Crippen LogP contribution < -0.4 is 21.1 Å². The molecule has 2 unspecified atom stereocenters. The Balaban J connectivity index is 1.04. The van der Waals surface area contributed by atoms with Gasteiger partial charge in [0, 0.05) is 80.3 Å². The molecule has 1 aromatic carbocycles. The number of nitrogens with zero attached hydrogens (tertiary/aromatic N) is 5. The lowest BCUT2D eigenvalue weighted by molar-refractivity contribution is -0.155. The first-order valence-electron chi connectivity index (χ1n) is 13.6. The smallest absolute Gasteiger partial charge is 0.248 e. The molecule has 4 aliphatic heterocycles. The van der Waals surface area contributed by atoms with Crippen LogP contribution in [0.4, 0.5) is 11.5 Å². The lowest BCUT2D eigenvalue weighted by Gasteiger charge is -2.50. The number of aromatic nitrogens is 2. The van der Waals surface area contributed by atoms with Gasteiger partial charge in [-0.25, -0.2) is 4.98 Å². The number of anilines is 2. The number of aromatic amines is 1. The van der Waals surface area contributed by atoms with Crippen molar-refractivity contribution in [3.8, 4) is 6.07 Å². The topological polar surface area (TPSA) is 124 Å². The fourth-order valence-corrected chi connectivity index (χ4v) is 6.77. The number of morpholine rings is 1. The lowest BCUT2D eigenvalue weighted by Crippen LogP contribution is -2.65. The number of ether oxygens (including phenoxy) is 2. The zero-order chi connectivity index (χ0) is 26.9. The summed E-state index contributed by atoms with van der Waals surface area (Å²) in [5.41, 5.74) is 10.0. The lowest BCUT2D eigenvalue weighted by atomic mass is 9.86. The molecule has 10 nitrogen and oxygen atoms in total. The Kier molecular flexibility index (Phi) is 5.51. The standard InChI is InChI=1S/C29H33N7O3/c1-18-10-35(24-5-3-19(8-30)27-22(24)4-6-26(37)33-27)12-21(39-18)11-34-16-29(17-34)23-9-32-25(7-20(23)13-38-29)36-14-28(2,31)15-36/h3-7,9,18,21H,10-17,31H2,1-2H3,(H,33,37). The average molecular weight is 528 g/mol. The summed E-state index contributed by atoms with van der Waals surface area (Å²) in [6.45, 7) is 10.3. The predicted octanol–water partition coefficient (Wildman–Crippen LogP) is 1.67. The average Bonchev–Trinajstić information content (AvgIpc) is 3.25. The van der Waals surface area contributed by atoms with Crippen LogP contribution in [0.15, 0.2) is 41.3 Å². The molecule has 1 spiro atoms. The summed E-state index contributed by atoms with van der Waals surface area (Å²) in [4.78, 5) is 26.5. The van der Waals surface area contributed by atoms with Crippen molar-refractivity contribution in [2.24, 2.45) is 5.73 Å². The summed E-state index contributed by atoms with van der Waals surface area (Å²) >= 11 is 0. The number of nitriles is 1. The number of H-pyrrole nitrogens is 1. The summed E-state index contributed by atoms with van der Waals surface area (Å²) in [7, 11) is 0. The first-order chi connectivity index (χ1) is 18.7. The Bertz CT molecular complexity index is 1550. The molecular formula is C29H33N7O3. The molecule has 10 heteroatoms. The highest BCUT2D eigenvalue weighted by molar-refractivity contribution is 5.95. The molecule has 3 aromatic rings. The summed E-state index contributed by atoms with van der Waals surface area (Å²) in [5.74, 6) is 0.984. The molecule has 3 fully saturated rings. The van der Waals surface area contributed by atoms with Gasteiger partial charge in [0.15, 0.2) is 0 Å². The third-order valence-electron chi connectivity index (χ3n) is 8.48. The van der Waals surface area contributed by atoms with Crippen LogP contribution in [0.2, 0.25) is 0 Å². The number of rotatable bonds is 4. The number of hydrogen-bond donors (Lipinski definition) is 2. The molecule has 39 heavy (non-hydrogen) atoms. The fourth-order valence-electron chi connectivity index (χ4n) is 6.77. The van der Waals surface area contributed by atoms with E-state index in [1.165, 1.54) is 17.2 Å². The summed E-state index contributed by atoms with van der Waals surface area (Å²) in [5, 5.41) is 10.4. The van der Waals surface area contributed by atoms with Gasteiger partial charge in [-0.3, -0.25) is 9.69 Å². The molecule has 0 bridgehead atoms. The van der Waals surface area contributed by atoms with Crippen molar-refractivity contribution in [1.29, 1.82) is 5.26 Å². The Labute approximate surface area is 226 Å². The number of hydrogen-bond acceptors (Lipinski definition) is 9. The van der Waals surface area contributed by atoms with Crippen LogP contribution in [0.25, 0.3) is 10.9 Å². The monoisotopic (exact) mass is 527 g/mol. The molecule has 3 N–H and O–H groups in total. The van der Waals surface area contributed by atoms with E-state index in [9.17, 15) is 10.1 Å². The molecule has 0 radical (unpaired) electrons. The largest absolute Gasteiger partial charge is 0.370 e. The molecule has 0 aliphatic carbocycles. The number of nitrogens with one attached hydrogen (secondary N) is 1. The SMILES string of the molecule is CC1CN(c2ccc(C#N)c3[nH]c(=O)ccc23)CC(CN2CC3(C2)OCc2cc(N4CC(C)(N)C4)ncc23)O1. The van der Waals surface area contributed by atoms with Gasteiger partial charge in [-0.15, -0.1) is 0 Å². The highest BCUT2D eigenvalue weighted by Crippen LogP contribution is 2.44. The molecule has 2 aromatic heterocycles. The van der Waals surface area contributed by atoms with Crippen molar-refractivity contribution in [2.75, 3.05) is 55.6 Å². The van der Waals surface area contributed by atoms with Gasteiger partial charge in [-0.2, -0.15) is 5.26 Å². The van der Waals surface area contributed by atoms with E-state index in [0.29, 0.717) is 17.7 Å². The molecule has 6 heterocycles. The van der Waals surface area contributed by atoms with Crippen molar-refractivity contribution in [3.63, 3.8) is 0 Å². The highest BCUT2D eigenvalue weighted by Gasteiger charge is 2.51. The first kappa shape index (κ1) is 24.5. The van der Waals surface area contributed by atoms with Crippen LogP contribution in [0.5, 0.6) is 0 Å².